The highest BCUT2D eigenvalue weighted by atomic mass is 19.1. The summed E-state index contributed by atoms with van der Waals surface area (Å²) in [5, 5.41) is 28.5. The maximum absolute atomic E-state index is 15.1. The van der Waals surface area contributed by atoms with E-state index in [0.717, 1.165) is 177 Å². The molecule has 8 aliphatic heterocycles. The number of aliphatic hydroxyl groups excluding tert-OH is 2. The minimum absolute atomic E-state index is 0.00257. The largest absolute Gasteiger partial charge is 0.395 e. The van der Waals surface area contributed by atoms with Gasteiger partial charge in [-0.2, -0.15) is 0 Å². The first kappa shape index (κ1) is 72.0. The van der Waals surface area contributed by atoms with E-state index < -0.39 is 0 Å². The number of rotatable bonds is 12. The molecule has 0 bridgehead atoms. The van der Waals surface area contributed by atoms with Crippen molar-refractivity contribution in [3.8, 4) is 45.0 Å². The molecular weight excluding hydrogens is 1410 g/mol. The maximum Gasteiger partial charge on any atom is 0.275 e. The third-order valence-electron chi connectivity index (χ3n) is 22.5. The number of aliphatic hydroxyl groups is 2. The fourth-order valence-corrected chi connectivity index (χ4v) is 17.4. The second-order valence-electron chi connectivity index (χ2n) is 28.8. The highest BCUT2D eigenvalue weighted by Gasteiger charge is 2.34. The van der Waals surface area contributed by atoms with Gasteiger partial charge in [0.05, 0.1) is 58.2 Å². The molecule has 22 nitrogen and oxygen atoms in total. The average Bonchev–Trinajstić information content (AvgIpc) is 1.62. The molecule has 4 fully saturated rings. The van der Waals surface area contributed by atoms with Crippen LogP contribution < -0.4 is 32.6 Å². The molecular formula is C84H80F4N12O10. The molecule has 8 aliphatic rings. The number of hydrogen-bond donors (Lipinski definition) is 12. The molecule has 4 atom stereocenters. The van der Waals surface area contributed by atoms with Gasteiger partial charge in [0.1, 0.15) is 49.7 Å². The van der Waals surface area contributed by atoms with E-state index in [1.807, 2.05) is 97.1 Å². The SMILES string of the molecule is O=C1NOCc2c(-c3ccc([C@@H]4CCCN4)c(F)c3)[nH]c3cccc1c23.O=C1NOCc2c(-c3ccc([C@@H]4CCCN4CCO)c(F)c3)[nH]c3cccc1c23.O=C1NOCc2c(-c3ccc([C@H]4CCCN4)c(F)c3)[nH]c3cccc1c23.O=C1NOCc2c(-c3ccc([C@H]4CCCN4CCO)c(F)c3)[nH]c3cccc1c23. The molecule has 110 heavy (non-hydrogen) atoms. The van der Waals surface area contributed by atoms with Crippen LogP contribution in [0.5, 0.6) is 0 Å². The molecule has 0 spiro atoms. The van der Waals surface area contributed by atoms with Crippen molar-refractivity contribution in [2.24, 2.45) is 0 Å². The van der Waals surface area contributed by atoms with Gasteiger partial charge in [-0.25, -0.2) is 39.5 Å². The lowest BCUT2D eigenvalue weighted by Crippen LogP contribution is -2.27. The van der Waals surface area contributed by atoms with Crippen LogP contribution in [0, 0.1) is 23.3 Å². The predicted octanol–water partition coefficient (Wildman–Crippen LogP) is 13.7. The number of β-amino-alcohol motifs (C(OH)–C–C–N with tert-alkyl or cyclic N) is 2. The van der Waals surface area contributed by atoms with Crippen molar-refractivity contribution in [3.05, 3.63) is 236 Å². The van der Waals surface area contributed by atoms with E-state index in [1.54, 1.807) is 48.5 Å². The molecule has 564 valence electrons. The zero-order chi connectivity index (χ0) is 75.3. The number of nitrogens with one attached hydrogen (secondary N) is 10. The summed E-state index contributed by atoms with van der Waals surface area (Å²) < 4.78 is 59.8. The summed E-state index contributed by atoms with van der Waals surface area (Å²) in [7, 11) is 0. The number of likely N-dealkylation sites (tertiary alicyclic amines) is 2. The fraction of sp³-hybridized carbons (Fsp3) is 0.286. The van der Waals surface area contributed by atoms with E-state index in [0.29, 0.717) is 68.7 Å². The minimum atomic E-state index is -0.286. The van der Waals surface area contributed by atoms with Gasteiger partial charge < -0.3 is 40.8 Å². The Morgan fingerprint density at radius 1 is 0.364 bits per heavy atom. The van der Waals surface area contributed by atoms with Crippen LogP contribution in [0.2, 0.25) is 0 Å². The van der Waals surface area contributed by atoms with Crippen LogP contribution in [0.1, 0.15) is 161 Å². The molecule has 12 N–H and O–H groups in total. The molecule has 4 amide bonds. The first-order valence-electron chi connectivity index (χ1n) is 37.4. The van der Waals surface area contributed by atoms with Crippen molar-refractivity contribution in [2.45, 2.75) is 102 Å². The van der Waals surface area contributed by atoms with Crippen LogP contribution in [0.3, 0.4) is 0 Å². The molecule has 12 aromatic rings. The van der Waals surface area contributed by atoms with Gasteiger partial charge >= 0.3 is 0 Å². The summed E-state index contributed by atoms with van der Waals surface area (Å²) in [5.41, 5.74) is 27.4. The van der Waals surface area contributed by atoms with Gasteiger partial charge in [-0.15, -0.1) is 0 Å². The Hall–Kier alpha value is -10.9. The van der Waals surface area contributed by atoms with Gasteiger partial charge in [0.2, 0.25) is 0 Å². The third kappa shape index (κ3) is 13.6. The number of nitrogens with zero attached hydrogens (tertiary/aromatic N) is 2. The Labute approximate surface area is 628 Å². The van der Waals surface area contributed by atoms with Gasteiger partial charge in [0.25, 0.3) is 23.6 Å². The quantitative estimate of drug-likeness (QED) is 0.0507. The summed E-state index contributed by atoms with van der Waals surface area (Å²) in [4.78, 5) is 87.7. The number of aromatic nitrogens is 4. The molecule has 12 heterocycles. The topological polar surface area (TPSA) is 287 Å². The second kappa shape index (κ2) is 30.9. The van der Waals surface area contributed by atoms with Crippen LogP contribution >= 0.6 is 0 Å². The summed E-state index contributed by atoms with van der Waals surface area (Å²) in [6, 6.07) is 43.4. The second-order valence-corrected chi connectivity index (χ2v) is 28.8. The lowest BCUT2D eigenvalue weighted by atomic mass is 9.98. The van der Waals surface area contributed by atoms with Crippen LogP contribution in [0.4, 0.5) is 17.6 Å². The van der Waals surface area contributed by atoms with E-state index >= 15 is 8.78 Å². The van der Waals surface area contributed by atoms with E-state index in [2.05, 4.69) is 62.3 Å². The molecule has 0 aliphatic carbocycles. The highest BCUT2D eigenvalue weighted by Crippen LogP contribution is 2.43. The lowest BCUT2D eigenvalue weighted by molar-refractivity contribution is 0.0254. The number of halogens is 4. The van der Waals surface area contributed by atoms with Gasteiger partial charge in [0.15, 0.2) is 0 Å². The van der Waals surface area contributed by atoms with Crippen LogP contribution in [0.15, 0.2) is 146 Å². The Morgan fingerprint density at radius 3 is 0.918 bits per heavy atom. The van der Waals surface area contributed by atoms with Crippen molar-refractivity contribution < 1.29 is 66.3 Å². The van der Waals surface area contributed by atoms with E-state index in [4.69, 9.17) is 19.4 Å². The number of benzene rings is 8. The van der Waals surface area contributed by atoms with Gasteiger partial charge in [0, 0.05) is 148 Å². The van der Waals surface area contributed by atoms with Crippen molar-refractivity contribution in [3.63, 3.8) is 0 Å². The Bertz CT molecular complexity index is 5250. The van der Waals surface area contributed by atoms with Gasteiger partial charge in [-0.1, -0.05) is 72.8 Å². The number of amides is 4. The number of carbonyl (C=O) groups excluding carboxylic acids is 4. The van der Waals surface area contributed by atoms with Gasteiger partial charge in [-0.05, 0) is 150 Å². The first-order chi connectivity index (χ1) is 53.8. The zero-order valence-electron chi connectivity index (χ0n) is 59.9. The van der Waals surface area contributed by atoms with Crippen molar-refractivity contribution in [2.75, 3.05) is 52.5 Å². The van der Waals surface area contributed by atoms with E-state index in [9.17, 15) is 38.2 Å². The number of hydroxylamine groups is 4. The highest BCUT2D eigenvalue weighted by molar-refractivity contribution is 6.12. The molecule has 0 radical (unpaired) electrons. The van der Waals surface area contributed by atoms with Crippen LogP contribution in [-0.4, -0.2) is 116 Å². The van der Waals surface area contributed by atoms with Gasteiger partial charge in [-0.3, -0.25) is 48.3 Å². The molecule has 20 rings (SSSR count). The summed E-state index contributed by atoms with van der Waals surface area (Å²) in [6.45, 7) is 5.73. The number of aromatic amines is 4. The predicted molar refractivity (Wildman–Crippen MR) is 405 cm³/mol. The molecule has 26 heteroatoms. The third-order valence-corrected chi connectivity index (χ3v) is 22.5. The smallest absolute Gasteiger partial charge is 0.275 e. The van der Waals surface area contributed by atoms with E-state index in [-0.39, 0.29) is 111 Å². The lowest BCUT2D eigenvalue weighted by Gasteiger charge is -2.24. The molecule has 0 unspecified atom stereocenters. The summed E-state index contributed by atoms with van der Waals surface area (Å²) >= 11 is 0. The standard InChI is InChI=1S/2C22H22FN3O3.2C20H18FN3O2/c2*23-17-11-13(6-7-14(17)19-5-2-8-26(19)9-10-27)21-16-12-29-25-22(28)15-3-1-4-18(24-21)20(15)16;2*21-15-9-11(6-7-12(15)16-5-2-8-22-16)19-14-10-26-24-20(25)13-3-1-4-17(23-19)18(13)14/h2*1,3-4,6-7,11,19,24,27H,2,5,8-10,12H2,(H,25,28);2*1,3-4,6-7,9,16,22-23H,2,5,8,10H2,(H,24,25)/t2*19-;2*16-/m1010/s1. The Balaban J connectivity index is 0.000000107. The monoisotopic (exact) mass is 1490 g/mol. The number of carbonyl (C=O) groups is 4. The van der Waals surface area contributed by atoms with E-state index in [1.165, 1.54) is 0 Å². The first-order valence-corrected chi connectivity index (χ1v) is 37.4. The Kier molecular flexibility index (Phi) is 20.2. The molecule has 4 saturated heterocycles. The average molecular weight is 1490 g/mol. The fourth-order valence-electron chi connectivity index (χ4n) is 17.4. The van der Waals surface area contributed by atoms with Crippen molar-refractivity contribution >= 4 is 67.2 Å². The van der Waals surface area contributed by atoms with Crippen molar-refractivity contribution in [1.29, 1.82) is 0 Å². The molecule has 8 aromatic carbocycles. The normalized spacial score (nSPS) is 19.5. The van der Waals surface area contributed by atoms with Crippen molar-refractivity contribution in [1.82, 2.24) is 62.3 Å². The minimum Gasteiger partial charge on any atom is -0.395 e. The Morgan fingerprint density at radius 2 is 0.655 bits per heavy atom. The maximum atomic E-state index is 15.1. The number of hydrogen-bond acceptors (Lipinski definition) is 14. The molecule has 4 aromatic heterocycles. The van der Waals surface area contributed by atoms with Crippen LogP contribution in [-0.2, 0) is 45.8 Å². The van der Waals surface area contributed by atoms with Crippen LogP contribution in [0.25, 0.3) is 88.6 Å². The summed E-state index contributed by atoms with van der Waals surface area (Å²) in [6.07, 6.45) is 7.83. The summed E-state index contributed by atoms with van der Waals surface area (Å²) in [5.74, 6) is -2.05. The molecule has 0 saturated carbocycles. The number of H-pyrrole nitrogens is 4. The zero-order valence-corrected chi connectivity index (χ0v) is 59.9.